The van der Waals surface area contributed by atoms with Gasteiger partial charge in [0.25, 0.3) is 11.8 Å². The lowest BCUT2D eigenvalue weighted by molar-refractivity contribution is -0.121. The molecule has 39 heavy (non-hydrogen) atoms. The fourth-order valence-corrected chi connectivity index (χ4v) is 5.87. The van der Waals surface area contributed by atoms with Crippen molar-refractivity contribution in [3.8, 4) is 0 Å². The lowest BCUT2D eigenvalue weighted by Crippen LogP contribution is -2.53. The number of aryl methyl sites for hydroxylation is 1. The Hall–Kier alpha value is -4.40. The Labute approximate surface area is 230 Å². The summed E-state index contributed by atoms with van der Waals surface area (Å²) in [5.74, 6) is -0.894. The van der Waals surface area contributed by atoms with E-state index in [0.717, 1.165) is 5.56 Å². The van der Waals surface area contributed by atoms with Crippen LogP contribution in [0.2, 0.25) is 10.0 Å². The van der Waals surface area contributed by atoms with Crippen LogP contribution in [0, 0.1) is 6.92 Å². The molecule has 4 heterocycles. The molecule has 0 radical (unpaired) electrons. The van der Waals surface area contributed by atoms with Gasteiger partial charge in [0.05, 0.1) is 23.2 Å². The minimum atomic E-state index is -1.88. The molecule has 5 aromatic rings. The maximum atomic E-state index is 14.8. The number of nitrogens with zero attached hydrogens (tertiary/aromatic N) is 3. The second-order valence-electron chi connectivity index (χ2n) is 9.46. The van der Waals surface area contributed by atoms with Gasteiger partial charge in [0.1, 0.15) is 11.3 Å². The average Bonchev–Trinajstić information content (AvgIpc) is 3.54. The first-order chi connectivity index (χ1) is 18.8. The third-order valence-corrected chi connectivity index (χ3v) is 7.67. The summed E-state index contributed by atoms with van der Waals surface area (Å²) in [6.45, 7) is 1.85. The Balaban J connectivity index is 1.56. The molecule has 0 aliphatic carbocycles. The van der Waals surface area contributed by atoms with Crippen molar-refractivity contribution in [1.29, 1.82) is 0 Å². The van der Waals surface area contributed by atoms with Crippen LogP contribution in [0.15, 0.2) is 86.5 Å². The van der Waals surface area contributed by atoms with Crippen LogP contribution in [0.1, 0.15) is 33.0 Å². The average molecular weight is 558 g/mol. The van der Waals surface area contributed by atoms with Crippen molar-refractivity contribution in [2.75, 3.05) is 9.80 Å². The number of halogens is 2. The second-order valence-corrected chi connectivity index (χ2v) is 10.3. The van der Waals surface area contributed by atoms with Crippen LogP contribution in [0.4, 0.5) is 11.5 Å². The number of anilines is 2. The van der Waals surface area contributed by atoms with Crippen LogP contribution in [0.3, 0.4) is 0 Å². The van der Waals surface area contributed by atoms with E-state index in [4.69, 9.17) is 32.1 Å². The minimum absolute atomic E-state index is 0.0843. The summed E-state index contributed by atoms with van der Waals surface area (Å²) in [6.07, 6.45) is 0. The van der Waals surface area contributed by atoms with E-state index in [1.54, 1.807) is 60.4 Å². The fourth-order valence-electron chi connectivity index (χ4n) is 5.57. The van der Waals surface area contributed by atoms with E-state index in [0.29, 0.717) is 27.1 Å². The molecule has 0 bridgehead atoms. The molecule has 2 aliphatic rings. The van der Waals surface area contributed by atoms with Crippen LogP contribution < -0.4 is 15.2 Å². The van der Waals surface area contributed by atoms with Gasteiger partial charge in [-0.05, 0) is 48.9 Å². The van der Waals surface area contributed by atoms with Crippen molar-refractivity contribution < 1.29 is 18.5 Å². The molecule has 1 spiro atoms. The summed E-state index contributed by atoms with van der Waals surface area (Å²) in [4.78, 5) is 45.8. The van der Waals surface area contributed by atoms with Crippen molar-refractivity contribution >= 4 is 57.5 Å². The van der Waals surface area contributed by atoms with Crippen molar-refractivity contribution in [3.05, 3.63) is 121 Å². The van der Waals surface area contributed by atoms with Gasteiger partial charge in [-0.25, -0.2) is 0 Å². The number of para-hydroxylation sites is 1. The first-order valence-electron chi connectivity index (χ1n) is 12.0. The first kappa shape index (κ1) is 23.7. The Morgan fingerprint density at radius 3 is 2.41 bits per heavy atom. The Bertz CT molecular complexity index is 1910. The molecule has 1 atom stereocenters. The number of amides is 2. The molecule has 0 saturated heterocycles. The molecule has 192 valence electrons. The summed E-state index contributed by atoms with van der Waals surface area (Å²) >= 11 is 12.3. The number of hydrogen-bond donors (Lipinski definition) is 0. The van der Waals surface area contributed by atoms with Gasteiger partial charge in [-0.1, -0.05) is 58.7 Å². The van der Waals surface area contributed by atoms with Crippen LogP contribution in [-0.2, 0) is 16.9 Å². The summed E-state index contributed by atoms with van der Waals surface area (Å²) in [7, 11) is 0. The van der Waals surface area contributed by atoms with Gasteiger partial charge in [-0.15, -0.1) is 0 Å². The first-order valence-corrected chi connectivity index (χ1v) is 12.8. The number of carbonyl (C=O) groups excluding carboxylic acids is 2. The molecule has 1 unspecified atom stereocenters. The van der Waals surface area contributed by atoms with E-state index in [-0.39, 0.29) is 34.7 Å². The number of benzene rings is 3. The monoisotopic (exact) mass is 557 g/mol. The van der Waals surface area contributed by atoms with E-state index >= 15 is 0 Å². The highest BCUT2D eigenvalue weighted by molar-refractivity contribution is 6.31. The second kappa shape index (κ2) is 8.30. The molecule has 2 aromatic heterocycles. The highest BCUT2D eigenvalue weighted by Gasteiger charge is 2.66. The van der Waals surface area contributed by atoms with Crippen LogP contribution in [0.5, 0.6) is 0 Å². The van der Waals surface area contributed by atoms with Crippen LogP contribution in [-0.4, -0.2) is 17.0 Å². The van der Waals surface area contributed by atoms with Crippen molar-refractivity contribution in [1.82, 2.24) is 5.16 Å². The van der Waals surface area contributed by atoms with Crippen molar-refractivity contribution in [2.45, 2.75) is 19.0 Å². The van der Waals surface area contributed by atoms with E-state index < -0.39 is 22.8 Å². The molecule has 0 saturated carbocycles. The summed E-state index contributed by atoms with van der Waals surface area (Å²) < 4.78 is 11.3. The third-order valence-electron chi connectivity index (χ3n) is 7.18. The predicted molar refractivity (Wildman–Crippen MR) is 145 cm³/mol. The van der Waals surface area contributed by atoms with Crippen LogP contribution >= 0.6 is 23.2 Å². The minimum Gasteiger partial charge on any atom is -0.450 e. The standard InChI is InChI=1S/C29H17Cl2N3O5/c1-15-12-23(32-39-15)34-27(36)26-24(25(35)19-13-18(31)10-11-22(19)38-26)29(34)20-4-2-3-5-21(20)33(28(29)37)14-16-6-8-17(30)9-7-16/h2-13H,14H2,1H3. The topological polar surface area (TPSA) is 96.9 Å². The maximum absolute atomic E-state index is 14.8. The molecule has 2 aliphatic heterocycles. The Morgan fingerprint density at radius 2 is 1.67 bits per heavy atom. The zero-order chi connectivity index (χ0) is 27.1. The zero-order valence-electron chi connectivity index (χ0n) is 20.3. The number of aromatic nitrogens is 1. The zero-order valence-corrected chi connectivity index (χ0v) is 21.8. The lowest BCUT2D eigenvalue weighted by Gasteiger charge is -2.32. The van der Waals surface area contributed by atoms with Crippen molar-refractivity contribution in [2.24, 2.45) is 0 Å². The molecule has 7 rings (SSSR count). The molecular weight excluding hydrogens is 541 g/mol. The van der Waals surface area contributed by atoms with Gasteiger partial charge in [0.15, 0.2) is 16.8 Å². The number of carbonyl (C=O) groups is 2. The summed E-state index contributed by atoms with van der Waals surface area (Å²) in [6, 6.07) is 20.3. The summed E-state index contributed by atoms with van der Waals surface area (Å²) in [5, 5.41) is 5.11. The highest BCUT2D eigenvalue weighted by atomic mass is 35.5. The van der Waals surface area contributed by atoms with Crippen molar-refractivity contribution in [3.63, 3.8) is 0 Å². The molecule has 10 heteroatoms. The van der Waals surface area contributed by atoms with Crippen LogP contribution in [0.25, 0.3) is 11.0 Å². The Morgan fingerprint density at radius 1 is 0.923 bits per heavy atom. The van der Waals surface area contributed by atoms with E-state index in [1.165, 1.54) is 17.0 Å². The van der Waals surface area contributed by atoms with E-state index in [2.05, 4.69) is 5.16 Å². The quantitative estimate of drug-likeness (QED) is 0.276. The van der Waals surface area contributed by atoms with Gasteiger partial charge < -0.3 is 13.8 Å². The normalized spacial score (nSPS) is 17.9. The molecule has 2 amide bonds. The molecule has 0 fully saturated rings. The van der Waals surface area contributed by atoms with Gasteiger partial charge in [0.2, 0.25) is 5.76 Å². The number of rotatable bonds is 3. The smallest absolute Gasteiger partial charge is 0.297 e. The number of fused-ring (bicyclic) bond motifs is 5. The fraction of sp³-hybridized carbons (Fsp3) is 0.103. The largest absolute Gasteiger partial charge is 0.450 e. The Kier molecular flexibility index (Phi) is 5.04. The maximum Gasteiger partial charge on any atom is 0.297 e. The van der Waals surface area contributed by atoms with E-state index in [9.17, 15) is 14.4 Å². The van der Waals surface area contributed by atoms with Gasteiger partial charge in [0, 0.05) is 21.7 Å². The molecule has 3 aromatic carbocycles. The highest BCUT2D eigenvalue weighted by Crippen LogP contribution is 2.54. The van der Waals surface area contributed by atoms with E-state index in [1.807, 2.05) is 12.1 Å². The SMILES string of the molecule is Cc1cc(N2C(=O)c3oc4ccc(Cl)cc4c(=O)c3C23C(=O)N(Cc2ccc(Cl)cc2)c2ccccc23)no1. The summed E-state index contributed by atoms with van der Waals surface area (Å²) in [5.41, 5.74) is -0.498. The lowest BCUT2D eigenvalue weighted by atomic mass is 9.84. The molecule has 0 N–H and O–H groups in total. The number of hydrogen-bond acceptors (Lipinski definition) is 6. The third kappa shape index (κ3) is 3.19. The molecular formula is C29H17Cl2N3O5. The van der Waals surface area contributed by atoms with Gasteiger partial charge in [-0.3, -0.25) is 19.3 Å². The predicted octanol–water partition coefficient (Wildman–Crippen LogP) is 5.85. The molecule has 8 nitrogen and oxygen atoms in total. The van der Waals surface area contributed by atoms with Gasteiger partial charge in [-0.2, -0.15) is 0 Å². The van der Waals surface area contributed by atoms with Gasteiger partial charge >= 0.3 is 0 Å².